The largest absolute Gasteiger partial charge is 0.474 e. The van der Waals surface area contributed by atoms with Crippen molar-refractivity contribution in [1.82, 2.24) is 4.57 Å². The van der Waals surface area contributed by atoms with E-state index in [1.807, 2.05) is 29.0 Å². The molecule has 144 valence electrons. The zero-order chi connectivity index (χ0) is 19.3. The van der Waals surface area contributed by atoms with Crippen LogP contribution in [-0.2, 0) is 17.0 Å². The summed E-state index contributed by atoms with van der Waals surface area (Å²) in [4.78, 5) is 4.70. The topological polar surface area (TPSA) is 26.5 Å². The van der Waals surface area contributed by atoms with E-state index >= 15 is 0 Å². The number of thioether (sulfide) groups is 1. The SMILES string of the molecule is Fc1ccc(CSCC2COC(c3cccn3Cc3ccccc3F)=N2)cc1. The van der Waals surface area contributed by atoms with Crippen LogP contribution in [0, 0.1) is 11.6 Å². The third-order valence-electron chi connectivity index (χ3n) is 4.55. The van der Waals surface area contributed by atoms with Crippen LogP contribution in [0.3, 0.4) is 0 Å². The lowest BCUT2D eigenvalue weighted by atomic mass is 10.2. The molecular weight excluding hydrogens is 378 g/mol. The molecule has 4 rings (SSSR count). The Bertz CT molecular complexity index is 969. The molecule has 6 heteroatoms. The van der Waals surface area contributed by atoms with Crippen molar-refractivity contribution in [3.63, 3.8) is 0 Å². The van der Waals surface area contributed by atoms with Crippen LogP contribution >= 0.6 is 11.8 Å². The van der Waals surface area contributed by atoms with Gasteiger partial charge in [-0.15, -0.1) is 0 Å². The monoisotopic (exact) mass is 398 g/mol. The van der Waals surface area contributed by atoms with Crippen molar-refractivity contribution in [2.24, 2.45) is 4.99 Å². The summed E-state index contributed by atoms with van der Waals surface area (Å²) < 4.78 is 34.7. The van der Waals surface area contributed by atoms with E-state index in [0.29, 0.717) is 24.6 Å². The second-order valence-electron chi connectivity index (χ2n) is 6.65. The highest BCUT2D eigenvalue weighted by Gasteiger charge is 2.22. The van der Waals surface area contributed by atoms with E-state index < -0.39 is 0 Å². The Morgan fingerprint density at radius 3 is 2.68 bits per heavy atom. The molecule has 0 saturated heterocycles. The first kappa shape index (κ1) is 18.7. The van der Waals surface area contributed by atoms with Crippen LogP contribution in [0.4, 0.5) is 8.78 Å². The number of hydrogen-bond donors (Lipinski definition) is 0. The van der Waals surface area contributed by atoms with Gasteiger partial charge in [0, 0.05) is 23.3 Å². The van der Waals surface area contributed by atoms with Crippen molar-refractivity contribution >= 4 is 17.7 Å². The van der Waals surface area contributed by atoms with Gasteiger partial charge in [-0.05, 0) is 35.9 Å². The van der Waals surface area contributed by atoms with E-state index in [2.05, 4.69) is 0 Å². The Morgan fingerprint density at radius 1 is 1.04 bits per heavy atom. The van der Waals surface area contributed by atoms with Gasteiger partial charge in [0.1, 0.15) is 23.9 Å². The highest BCUT2D eigenvalue weighted by atomic mass is 32.2. The van der Waals surface area contributed by atoms with Crippen LogP contribution < -0.4 is 0 Å². The molecule has 1 unspecified atom stereocenters. The average Bonchev–Trinajstić information content (AvgIpc) is 3.34. The van der Waals surface area contributed by atoms with Crippen molar-refractivity contribution in [2.45, 2.75) is 18.3 Å². The summed E-state index contributed by atoms with van der Waals surface area (Å²) in [6.45, 7) is 0.970. The molecule has 1 atom stereocenters. The highest BCUT2D eigenvalue weighted by Crippen LogP contribution is 2.20. The molecular formula is C22H20F2N2OS. The first-order valence-corrected chi connectivity index (χ1v) is 10.3. The van der Waals surface area contributed by atoms with Crippen molar-refractivity contribution in [3.05, 3.63) is 95.3 Å². The number of benzene rings is 2. The molecule has 0 amide bonds. The van der Waals surface area contributed by atoms with Gasteiger partial charge in [-0.3, -0.25) is 0 Å². The first-order valence-electron chi connectivity index (χ1n) is 9.11. The van der Waals surface area contributed by atoms with Gasteiger partial charge < -0.3 is 9.30 Å². The van der Waals surface area contributed by atoms with Gasteiger partial charge in [0.15, 0.2) is 0 Å². The Kier molecular flexibility index (Phi) is 5.76. The number of rotatable bonds is 7. The van der Waals surface area contributed by atoms with E-state index in [1.165, 1.54) is 18.2 Å². The summed E-state index contributed by atoms with van der Waals surface area (Å²) in [6.07, 6.45) is 1.91. The van der Waals surface area contributed by atoms with E-state index in [1.54, 1.807) is 36.0 Å². The predicted octanol–water partition coefficient (Wildman–Crippen LogP) is 4.89. The number of halogens is 2. The maximum Gasteiger partial charge on any atom is 0.233 e. The van der Waals surface area contributed by atoms with Gasteiger partial charge in [0.05, 0.1) is 12.6 Å². The van der Waals surface area contributed by atoms with E-state index in [0.717, 1.165) is 22.8 Å². The minimum atomic E-state index is -0.217. The highest BCUT2D eigenvalue weighted by molar-refractivity contribution is 7.98. The second kappa shape index (κ2) is 8.61. The molecule has 0 aliphatic carbocycles. The van der Waals surface area contributed by atoms with Crippen LogP contribution in [-0.4, -0.2) is 28.9 Å². The molecule has 0 radical (unpaired) electrons. The fourth-order valence-electron chi connectivity index (χ4n) is 3.09. The molecule has 0 spiro atoms. The summed E-state index contributed by atoms with van der Waals surface area (Å²) in [5.41, 5.74) is 2.58. The van der Waals surface area contributed by atoms with E-state index in [-0.39, 0.29) is 17.7 Å². The quantitative estimate of drug-likeness (QED) is 0.566. The van der Waals surface area contributed by atoms with E-state index in [4.69, 9.17) is 9.73 Å². The smallest absolute Gasteiger partial charge is 0.233 e. The molecule has 0 bridgehead atoms. The average molecular weight is 398 g/mol. The fraction of sp³-hybridized carbons (Fsp3) is 0.227. The van der Waals surface area contributed by atoms with E-state index in [9.17, 15) is 8.78 Å². The molecule has 2 heterocycles. The molecule has 0 saturated carbocycles. The lowest BCUT2D eigenvalue weighted by molar-refractivity contribution is 0.323. The molecule has 3 aromatic rings. The minimum absolute atomic E-state index is 0.0808. The van der Waals surface area contributed by atoms with Gasteiger partial charge in [-0.2, -0.15) is 11.8 Å². The normalized spacial score (nSPS) is 16.1. The lowest BCUT2D eigenvalue weighted by Gasteiger charge is -2.09. The summed E-state index contributed by atoms with van der Waals surface area (Å²) >= 11 is 1.75. The fourth-order valence-corrected chi connectivity index (χ4v) is 4.08. The summed E-state index contributed by atoms with van der Waals surface area (Å²) in [5, 5.41) is 0. The maximum absolute atomic E-state index is 14.0. The van der Waals surface area contributed by atoms with Crippen molar-refractivity contribution in [2.75, 3.05) is 12.4 Å². The Hall–Kier alpha value is -2.60. The predicted molar refractivity (Wildman–Crippen MR) is 109 cm³/mol. The molecule has 1 aromatic heterocycles. The third-order valence-corrected chi connectivity index (χ3v) is 5.71. The van der Waals surface area contributed by atoms with Crippen LogP contribution in [0.5, 0.6) is 0 Å². The van der Waals surface area contributed by atoms with Crippen LogP contribution in [0.1, 0.15) is 16.8 Å². The van der Waals surface area contributed by atoms with Gasteiger partial charge in [-0.25, -0.2) is 13.8 Å². The second-order valence-corrected chi connectivity index (χ2v) is 7.68. The standard InChI is InChI=1S/C22H20F2N2OS/c23-18-9-7-16(8-10-18)14-28-15-19-13-27-22(25-19)21-6-3-11-26(21)12-17-4-1-2-5-20(17)24/h1-11,19H,12-15H2. The molecule has 3 nitrogen and oxygen atoms in total. The number of nitrogens with zero attached hydrogens (tertiary/aromatic N) is 2. The lowest BCUT2D eigenvalue weighted by Crippen LogP contribution is -2.11. The summed E-state index contributed by atoms with van der Waals surface area (Å²) in [5.74, 6) is 1.81. The number of aromatic nitrogens is 1. The molecule has 2 aromatic carbocycles. The van der Waals surface area contributed by atoms with Gasteiger partial charge in [-0.1, -0.05) is 30.3 Å². The Morgan fingerprint density at radius 2 is 1.86 bits per heavy atom. The summed E-state index contributed by atoms with van der Waals surface area (Å²) in [6, 6.07) is 17.3. The third kappa shape index (κ3) is 4.44. The zero-order valence-electron chi connectivity index (χ0n) is 15.2. The maximum atomic E-state index is 14.0. The van der Waals surface area contributed by atoms with Crippen LogP contribution in [0.15, 0.2) is 71.9 Å². The van der Waals surface area contributed by atoms with Gasteiger partial charge in [0.2, 0.25) is 5.90 Å². The van der Waals surface area contributed by atoms with Crippen molar-refractivity contribution in [3.8, 4) is 0 Å². The molecule has 28 heavy (non-hydrogen) atoms. The van der Waals surface area contributed by atoms with Crippen molar-refractivity contribution < 1.29 is 13.5 Å². The first-order chi connectivity index (χ1) is 13.7. The number of ether oxygens (including phenoxy) is 1. The minimum Gasteiger partial charge on any atom is -0.474 e. The number of aliphatic imine (C=N–C) groups is 1. The molecule has 0 N–H and O–H groups in total. The van der Waals surface area contributed by atoms with Crippen LogP contribution in [0.2, 0.25) is 0 Å². The Balaban J connectivity index is 1.37. The number of hydrogen-bond acceptors (Lipinski definition) is 3. The van der Waals surface area contributed by atoms with Crippen molar-refractivity contribution in [1.29, 1.82) is 0 Å². The van der Waals surface area contributed by atoms with Gasteiger partial charge >= 0.3 is 0 Å². The molecule has 1 aliphatic rings. The molecule has 0 fully saturated rings. The Labute approximate surface area is 167 Å². The zero-order valence-corrected chi connectivity index (χ0v) is 16.0. The van der Waals surface area contributed by atoms with Gasteiger partial charge in [0.25, 0.3) is 0 Å². The summed E-state index contributed by atoms with van der Waals surface area (Å²) in [7, 11) is 0. The molecule has 1 aliphatic heterocycles. The van der Waals surface area contributed by atoms with Crippen LogP contribution in [0.25, 0.3) is 0 Å².